The fraction of sp³-hybridized carbons (Fsp3) is 0.750. The summed E-state index contributed by atoms with van der Waals surface area (Å²) in [7, 11) is 0. The number of aryl methyl sites for hydroxylation is 2. The molecule has 1 aromatic rings. The molecule has 0 unspecified atom stereocenters. The average molecular weight is 256 g/mol. The molecule has 0 radical (unpaired) electrons. The lowest BCUT2D eigenvalue weighted by Gasteiger charge is -2.11. The van der Waals surface area contributed by atoms with Crippen molar-refractivity contribution in [2.75, 3.05) is 13.1 Å². The third-order valence-electron chi connectivity index (χ3n) is 3.54. The Balaban J connectivity index is 1.67. The summed E-state index contributed by atoms with van der Waals surface area (Å²) in [5, 5.41) is 10.5. The van der Waals surface area contributed by atoms with Gasteiger partial charge in [-0.15, -0.1) is 11.3 Å². The van der Waals surface area contributed by atoms with E-state index in [0.717, 1.165) is 17.8 Å². The number of alkyl halides is 1. The molecule has 1 N–H and O–H groups in total. The van der Waals surface area contributed by atoms with E-state index in [1.165, 1.54) is 23.4 Å². The summed E-state index contributed by atoms with van der Waals surface area (Å²) >= 11 is 1.77. The van der Waals surface area contributed by atoms with Crippen LogP contribution < -0.4 is 0 Å². The Hall–Kier alpha value is -0.520. The van der Waals surface area contributed by atoms with E-state index in [0.29, 0.717) is 19.6 Å². The van der Waals surface area contributed by atoms with E-state index in [1.54, 1.807) is 11.3 Å². The molecule has 0 spiro atoms. The molecule has 2 heterocycles. The van der Waals surface area contributed by atoms with E-state index < -0.39 is 12.3 Å². The molecular weight excluding hydrogens is 239 g/mol. The van der Waals surface area contributed by atoms with Crippen LogP contribution in [0.3, 0.4) is 0 Å². The number of aliphatic hydroxyl groups excluding tert-OH is 1. The topological polar surface area (TPSA) is 36.4 Å². The van der Waals surface area contributed by atoms with Gasteiger partial charge in [-0.2, -0.15) is 0 Å². The van der Waals surface area contributed by atoms with E-state index in [9.17, 15) is 9.50 Å². The molecule has 0 saturated carbocycles. The molecule has 5 heteroatoms. The SMILES string of the molecule is O[C@H]1CN(Cc2nc3c(s2)CCCC3)C[C@@H]1F. The van der Waals surface area contributed by atoms with Crippen molar-refractivity contribution in [3.8, 4) is 0 Å². The van der Waals surface area contributed by atoms with Gasteiger partial charge in [0.1, 0.15) is 11.2 Å². The minimum absolute atomic E-state index is 0.339. The van der Waals surface area contributed by atoms with Gasteiger partial charge in [-0.25, -0.2) is 9.37 Å². The number of fused-ring (bicyclic) bond motifs is 1. The highest BCUT2D eigenvalue weighted by molar-refractivity contribution is 7.11. The van der Waals surface area contributed by atoms with Gasteiger partial charge in [0.15, 0.2) is 0 Å². The highest BCUT2D eigenvalue weighted by atomic mass is 32.1. The summed E-state index contributed by atoms with van der Waals surface area (Å²) < 4.78 is 13.2. The Morgan fingerprint density at radius 3 is 2.88 bits per heavy atom. The second-order valence-electron chi connectivity index (χ2n) is 4.96. The number of rotatable bonds is 2. The number of β-amino-alcohol motifs (C(OH)–C–C–N with tert-alkyl or cyclic N) is 1. The lowest BCUT2D eigenvalue weighted by Crippen LogP contribution is -2.21. The molecule has 0 aromatic carbocycles. The second-order valence-corrected chi connectivity index (χ2v) is 6.13. The molecule has 94 valence electrons. The van der Waals surface area contributed by atoms with Gasteiger partial charge in [0.25, 0.3) is 0 Å². The molecule has 1 saturated heterocycles. The maximum absolute atomic E-state index is 13.2. The number of hydrogen-bond acceptors (Lipinski definition) is 4. The van der Waals surface area contributed by atoms with Crippen molar-refractivity contribution in [3.05, 3.63) is 15.6 Å². The fourth-order valence-corrected chi connectivity index (χ4v) is 3.81. The van der Waals surface area contributed by atoms with Gasteiger partial charge in [-0.1, -0.05) is 0 Å². The van der Waals surface area contributed by atoms with Crippen molar-refractivity contribution in [3.63, 3.8) is 0 Å². The first kappa shape index (κ1) is 11.6. The number of thiazole rings is 1. The first-order chi connectivity index (χ1) is 8.22. The first-order valence-electron chi connectivity index (χ1n) is 6.24. The van der Waals surface area contributed by atoms with Gasteiger partial charge in [0.05, 0.1) is 18.3 Å². The minimum atomic E-state index is -1.09. The van der Waals surface area contributed by atoms with Crippen LogP contribution in [0.1, 0.15) is 28.4 Å². The first-order valence-corrected chi connectivity index (χ1v) is 7.06. The van der Waals surface area contributed by atoms with Crippen molar-refractivity contribution >= 4 is 11.3 Å². The van der Waals surface area contributed by atoms with E-state index in [-0.39, 0.29) is 0 Å². The zero-order valence-corrected chi connectivity index (χ0v) is 10.5. The van der Waals surface area contributed by atoms with Crippen LogP contribution in [0.15, 0.2) is 0 Å². The zero-order valence-electron chi connectivity index (χ0n) is 9.73. The summed E-state index contributed by atoms with van der Waals surface area (Å²) in [5.74, 6) is 0. The van der Waals surface area contributed by atoms with Crippen molar-refractivity contribution in [2.24, 2.45) is 0 Å². The normalized spacial score (nSPS) is 29.5. The van der Waals surface area contributed by atoms with Crippen molar-refractivity contribution in [1.82, 2.24) is 9.88 Å². The molecule has 0 amide bonds. The summed E-state index contributed by atoms with van der Waals surface area (Å²) in [6, 6.07) is 0. The van der Waals surface area contributed by atoms with Gasteiger partial charge in [-0.3, -0.25) is 4.90 Å². The third kappa shape index (κ3) is 2.37. The molecule has 0 bridgehead atoms. The van der Waals surface area contributed by atoms with Crippen LogP contribution >= 0.6 is 11.3 Å². The molecule has 1 aliphatic heterocycles. The number of nitrogens with zero attached hydrogens (tertiary/aromatic N) is 2. The molecule has 1 aliphatic carbocycles. The monoisotopic (exact) mass is 256 g/mol. The van der Waals surface area contributed by atoms with Crippen LogP contribution in [0.25, 0.3) is 0 Å². The number of hydrogen-bond donors (Lipinski definition) is 1. The predicted molar refractivity (Wildman–Crippen MR) is 64.9 cm³/mol. The molecule has 17 heavy (non-hydrogen) atoms. The van der Waals surface area contributed by atoms with E-state index in [1.807, 2.05) is 4.90 Å². The lowest BCUT2D eigenvalue weighted by atomic mass is 10.0. The fourth-order valence-electron chi connectivity index (χ4n) is 2.62. The smallest absolute Gasteiger partial charge is 0.140 e. The molecule has 2 aliphatic rings. The number of likely N-dealkylation sites (tertiary alicyclic amines) is 1. The van der Waals surface area contributed by atoms with Crippen molar-refractivity contribution in [2.45, 2.75) is 44.5 Å². The summed E-state index contributed by atoms with van der Waals surface area (Å²) in [5.41, 5.74) is 1.26. The molecule has 3 rings (SSSR count). The Morgan fingerprint density at radius 2 is 2.18 bits per heavy atom. The molecule has 3 nitrogen and oxygen atoms in total. The average Bonchev–Trinajstić information content (AvgIpc) is 2.83. The molecular formula is C12H17FN2OS. The van der Waals surface area contributed by atoms with Crippen LogP contribution in [-0.2, 0) is 19.4 Å². The van der Waals surface area contributed by atoms with Crippen LogP contribution in [0.5, 0.6) is 0 Å². The Bertz CT molecular complexity index is 376. The van der Waals surface area contributed by atoms with Crippen molar-refractivity contribution in [1.29, 1.82) is 0 Å². The van der Waals surface area contributed by atoms with Crippen LogP contribution in [-0.4, -0.2) is 40.4 Å². The Kier molecular flexibility index (Phi) is 3.15. The Morgan fingerprint density at radius 1 is 1.35 bits per heavy atom. The van der Waals surface area contributed by atoms with Gasteiger partial charge in [0, 0.05) is 18.0 Å². The maximum atomic E-state index is 13.2. The lowest BCUT2D eigenvalue weighted by molar-refractivity contribution is 0.115. The highest BCUT2D eigenvalue weighted by Gasteiger charge is 2.31. The van der Waals surface area contributed by atoms with Gasteiger partial charge in [0.2, 0.25) is 0 Å². The van der Waals surface area contributed by atoms with E-state index in [4.69, 9.17) is 0 Å². The quantitative estimate of drug-likeness (QED) is 0.872. The highest BCUT2D eigenvalue weighted by Crippen LogP contribution is 2.28. The number of aliphatic hydroxyl groups is 1. The van der Waals surface area contributed by atoms with E-state index in [2.05, 4.69) is 4.98 Å². The van der Waals surface area contributed by atoms with Gasteiger partial charge >= 0.3 is 0 Å². The van der Waals surface area contributed by atoms with Crippen molar-refractivity contribution < 1.29 is 9.50 Å². The van der Waals surface area contributed by atoms with Gasteiger partial charge < -0.3 is 5.11 Å². The summed E-state index contributed by atoms with van der Waals surface area (Å²) in [4.78, 5) is 8.01. The van der Waals surface area contributed by atoms with E-state index >= 15 is 0 Å². The number of halogens is 1. The molecule has 1 aromatic heterocycles. The molecule has 2 atom stereocenters. The predicted octanol–water partition coefficient (Wildman–Crippen LogP) is 1.54. The maximum Gasteiger partial charge on any atom is 0.140 e. The minimum Gasteiger partial charge on any atom is -0.389 e. The third-order valence-corrected chi connectivity index (χ3v) is 4.69. The summed E-state index contributed by atoms with van der Waals surface area (Å²) in [6.45, 7) is 1.46. The summed E-state index contributed by atoms with van der Waals surface area (Å²) in [6.07, 6.45) is 2.85. The van der Waals surface area contributed by atoms with Crippen LogP contribution in [0.2, 0.25) is 0 Å². The molecule has 1 fully saturated rings. The Labute approximate surface area is 104 Å². The van der Waals surface area contributed by atoms with Crippen LogP contribution in [0, 0.1) is 0 Å². The largest absolute Gasteiger partial charge is 0.389 e. The van der Waals surface area contributed by atoms with Gasteiger partial charge in [-0.05, 0) is 25.7 Å². The number of aromatic nitrogens is 1. The van der Waals surface area contributed by atoms with Crippen LogP contribution in [0.4, 0.5) is 4.39 Å². The zero-order chi connectivity index (χ0) is 11.8. The standard InChI is InChI=1S/C12H17FN2OS/c13-8-5-15(6-10(8)16)7-12-14-9-3-1-2-4-11(9)17-12/h8,10,16H,1-7H2/t8-,10-/m0/s1. The second kappa shape index (κ2) is 4.63.